The molecular weight excluding hydrogens is 328 g/mol. The molecule has 0 bridgehead atoms. The first-order valence-electron chi connectivity index (χ1n) is 7.18. The molecular formula is C17H12N2O6. The molecule has 0 fully saturated rings. The van der Waals surface area contributed by atoms with Crippen LogP contribution in [0.4, 0.5) is 11.4 Å². The minimum atomic E-state index is -1.10. The maximum Gasteiger partial charge on any atom is 0.336 e. The van der Waals surface area contributed by atoms with Crippen LogP contribution in [0.3, 0.4) is 0 Å². The first-order valence-corrected chi connectivity index (χ1v) is 7.18. The van der Waals surface area contributed by atoms with Crippen molar-refractivity contribution in [2.24, 2.45) is 0 Å². The lowest BCUT2D eigenvalue weighted by Gasteiger charge is -2.09. The molecule has 8 heteroatoms. The predicted molar refractivity (Wildman–Crippen MR) is 89.0 cm³/mol. The molecule has 0 unspecified atom stereocenters. The third-order valence-corrected chi connectivity index (χ3v) is 3.82. The van der Waals surface area contributed by atoms with E-state index in [9.17, 15) is 19.7 Å². The lowest BCUT2D eigenvalue weighted by Crippen LogP contribution is -2.13. The maximum absolute atomic E-state index is 12.5. The van der Waals surface area contributed by atoms with Crippen LogP contribution in [0, 0.1) is 17.0 Å². The van der Waals surface area contributed by atoms with Crippen molar-refractivity contribution in [2.45, 2.75) is 6.92 Å². The highest BCUT2D eigenvalue weighted by Gasteiger charge is 2.19. The van der Waals surface area contributed by atoms with Crippen LogP contribution in [0.1, 0.15) is 26.3 Å². The minimum absolute atomic E-state index is 0.0745. The quantitative estimate of drug-likeness (QED) is 0.552. The van der Waals surface area contributed by atoms with E-state index in [2.05, 4.69) is 5.32 Å². The lowest BCUT2D eigenvalue weighted by atomic mass is 10.1. The number of hydrogen-bond acceptors (Lipinski definition) is 5. The molecule has 1 heterocycles. The molecule has 0 aliphatic heterocycles. The van der Waals surface area contributed by atoms with Crippen molar-refractivity contribution in [1.29, 1.82) is 0 Å². The fourth-order valence-electron chi connectivity index (χ4n) is 2.50. The second-order valence-electron chi connectivity index (χ2n) is 5.32. The van der Waals surface area contributed by atoms with Gasteiger partial charge in [-0.05, 0) is 30.7 Å². The minimum Gasteiger partial charge on any atom is -0.478 e. The smallest absolute Gasteiger partial charge is 0.336 e. The van der Waals surface area contributed by atoms with Crippen LogP contribution < -0.4 is 5.32 Å². The van der Waals surface area contributed by atoms with Gasteiger partial charge in [-0.2, -0.15) is 0 Å². The average molecular weight is 340 g/mol. The number of non-ortho nitro benzene ring substituents is 1. The van der Waals surface area contributed by atoms with Crippen molar-refractivity contribution < 1.29 is 24.0 Å². The molecule has 0 aliphatic carbocycles. The standard InChI is InChI=1S/C17H12N2O6/c1-9-11(17(21)22)3-2-4-14(9)18-16(20)13-8-25-15-6-5-10(19(23)24)7-12(13)15/h2-8H,1H3,(H,18,20)(H,21,22). The van der Waals surface area contributed by atoms with Gasteiger partial charge in [0.1, 0.15) is 11.8 Å². The van der Waals surface area contributed by atoms with E-state index >= 15 is 0 Å². The maximum atomic E-state index is 12.5. The Kier molecular flexibility index (Phi) is 3.94. The van der Waals surface area contributed by atoms with E-state index in [4.69, 9.17) is 9.52 Å². The molecule has 25 heavy (non-hydrogen) atoms. The monoisotopic (exact) mass is 340 g/mol. The van der Waals surface area contributed by atoms with Gasteiger partial charge < -0.3 is 14.8 Å². The summed E-state index contributed by atoms with van der Waals surface area (Å²) in [6.45, 7) is 1.58. The third kappa shape index (κ3) is 2.92. The summed E-state index contributed by atoms with van der Waals surface area (Å²) in [7, 11) is 0. The van der Waals surface area contributed by atoms with Gasteiger partial charge in [-0.15, -0.1) is 0 Å². The van der Waals surface area contributed by atoms with E-state index in [1.165, 1.54) is 36.6 Å². The molecule has 0 radical (unpaired) electrons. The number of carboxylic acids is 1. The highest BCUT2D eigenvalue weighted by molar-refractivity contribution is 6.13. The number of carbonyl (C=O) groups is 2. The number of nitro benzene ring substituents is 1. The Hall–Kier alpha value is -3.68. The van der Waals surface area contributed by atoms with Crippen LogP contribution in [0.2, 0.25) is 0 Å². The summed E-state index contributed by atoms with van der Waals surface area (Å²) < 4.78 is 5.26. The van der Waals surface area contributed by atoms with Crippen molar-refractivity contribution in [3.05, 3.63) is 69.5 Å². The Morgan fingerprint density at radius 2 is 1.96 bits per heavy atom. The van der Waals surface area contributed by atoms with E-state index in [1.807, 2.05) is 0 Å². The Morgan fingerprint density at radius 1 is 1.20 bits per heavy atom. The number of benzene rings is 2. The van der Waals surface area contributed by atoms with Crippen molar-refractivity contribution in [1.82, 2.24) is 0 Å². The first kappa shape index (κ1) is 16.2. The lowest BCUT2D eigenvalue weighted by molar-refractivity contribution is -0.384. The molecule has 3 aromatic rings. The summed E-state index contributed by atoms with van der Waals surface area (Å²) >= 11 is 0. The number of nitrogens with zero attached hydrogens (tertiary/aromatic N) is 1. The highest BCUT2D eigenvalue weighted by atomic mass is 16.6. The van der Waals surface area contributed by atoms with Crippen molar-refractivity contribution in [2.75, 3.05) is 5.32 Å². The Bertz CT molecular complexity index is 1020. The third-order valence-electron chi connectivity index (χ3n) is 3.82. The van der Waals surface area contributed by atoms with E-state index in [1.54, 1.807) is 13.0 Å². The molecule has 0 spiro atoms. The summed E-state index contributed by atoms with van der Waals surface area (Å²) in [5, 5.41) is 23.0. The number of fused-ring (bicyclic) bond motifs is 1. The van der Waals surface area contributed by atoms with E-state index in [-0.39, 0.29) is 16.8 Å². The van der Waals surface area contributed by atoms with Gasteiger partial charge in [0.05, 0.1) is 16.1 Å². The fraction of sp³-hybridized carbons (Fsp3) is 0.0588. The number of carbonyl (C=O) groups excluding carboxylic acids is 1. The number of rotatable bonds is 4. The molecule has 1 amide bonds. The molecule has 0 aliphatic rings. The zero-order valence-corrected chi connectivity index (χ0v) is 13.0. The number of amides is 1. The van der Waals surface area contributed by atoms with Gasteiger partial charge in [0.15, 0.2) is 0 Å². The summed E-state index contributed by atoms with van der Waals surface area (Å²) in [6.07, 6.45) is 1.21. The van der Waals surface area contributed by atoms with E-state index in [0.29, 0.717) is 22.2 Å². The van der Waals surface area contributed by atoms with Crippen LogP contribution >= 0.6 is 0 Å². The zero-order chi connectivity index (χ0) is 18.1. The van der Waals surface area contributed by atoms with Gasteiger partial charge in [-0.25, -0.2) is 4.79 Å². The van der Waals surface area contributed by atoms with E-state index in [0.717, 1.165) is 0 Å². The number of hydrogen-bond donors (Lipinski definition) is 2. The van der Waals surface area contributed by atoms with Gasteiger partial charge in [-0.3, -0.25) is 14.9 Å². The Labute approximate surface area is 140 Å². The highest BCUT2D eigenvalue weighted by Crippen LogP contribution is 2.27. The van der Waals surface area contributed by atoms with Crippen molar-refractivity contribution >= 4 is 34.2 Å². The molecule has 8 nitrogen and oxygen atoms in total. The molecule has 0 saturated heterocycles. The SMILES string of the molecule is Cc1c(NC(=O)c2coc3ccc([N+](=O)[O-])cc23)cccc1C(=O)O. The first-order chi connectivity index (χ1) is 11.9. The zero-order valence-electron chi connectivity index (χ0n) is 13.0. The fourth-order valence-corrected chi connectivity index (χ4v) is 2.50. The van der Waals surface area contributed by atoms with Crippen LogP contribution in [0.5, 0.6) is 0 Å². The summed E-state index contributed by atoms with van der Waals surface area (Å²) in [5.41, 5.74) is 1.12. The number of nitro groups is 1. The Morgan fingerprint density at radius 3 is 2.64 bits per heavy atom. The van der Waals surface area contributed by atoms with E-state index < -0.39 is 16.8 Å². The normalized spacial score (nSPS) is 10.6. The van der Waals surface area contributed by atoms with Gasteiger partial charge >= 0.3 is 5.97 Å². The number of anilines is 1. The molecule has 3 rings (SSSR count). The van der Waals surface area contributed by atoms with Gasteiger partial charge in [-0.1, -0.05) is 6.07 Å². The number of nitrogens with one attached hydrogen (secondary N) is 1. The molecule has 0 saturated carbocycles. The molecule has 2 N–H and O–H groups in total. The van der Waals surface area contributed by atoms with Crippen LogP contribution in [-0.4, -0.2) is 21.9 Å². The number of furan rings is 1. The van der Waals surface area contributed by atoms with Crippen molar-refractivity contribution in [3.8, 4) is 0 Å². The van der Waals surface area contributed by atoms with Gasteiger partial charge in [0.2, 0.25) is 0 Å². The topological polar surface area (TPSA) is 123 Å². The Balaban J connectivity index is 1.98. The molecule has 2 aromatic carbocycles. The van der Waals surface area contributed by atoms with Crippen LogP contribution in [0.25, 0.3) is 11.0 Å². The average Bonchev–Trinajstić information content (AvgIpc) is 2.99. The summed E-state index contributed by atoms with van der Waals surface area (Å²) in [4.78, 5) is 34.0. The summed E-state index contributed by atoms with van der Waals surface area (Å²) in [6, 6.07) is 8.49. The van der Waals surface area contributed by atoms with Gasteiger partial charge in [0, 0.05) is 23.2 Å². The summed E-state index contributed by atoms with van der Waals surface area (Å²) in [5.74, 6) is -1.65. The van der Waals surface area contributed by atoms with Crippen LogP contribution in [0.15, 0.2) is 47.1 Å². The second-order valence-corrected chi connectivity index (χ2v) is 5.32. The molecule has 126 valence electrons. The molecule has 1 aromatic heterocycles. The van der Waals surface area contributed by atoms with Gasteiger partial charge in [0.25, 0.3) is 11.6 Å². The largest absolute Gasteiger partial charge is 0.478 e. The molecule has 0 atom stereocenters. The van der Waals surface area contributed by atoms with Crippen LogP contribution in [-0.2, 0) is 0 Å². The number of carboxylic acid groups (broad SMARTS) is 1. The second kappa shape index (κ2) is 6.08. The van der Waals surface area contributed by atoms with Crippen molar-refractivity contribution in [3.63, 3.8) is 0 Å². The predicted octanol–water partition coefficient (Wildman–Crippen LogP) is 3.60. The number of aromatic carboxylic acids is 1.